The van der Waals surface area contributed by atoms with Crippen LogP contribution in [0.2, 0.25) is 0 Å². The molecule has 0 aliphatic carbocycles. The van der Waals surface area contributed by atoms with Gasteiger partial charge in [-0.1, -0.05) is 22.9 Å². The summed E-state index contributed by atoms with van der Waals surface area (Å²) in [6.07, 6.45) is 1.06. The molecule has 1 aromatic heterocycles. The maximum atomic E-state index is 8.92. The van der Waals surface area contributed by atoms with E-state index in [9.17, 15) is 0 Å². The fraction of sp³-hybridized carbons (Fsp3) is 0.214. The SMILES string of the molecule is CCc1ccsc1CNc1cc(Br)cc(C#N)c1. The van der Waals surface area contributed by atoms with Gasteiger partial charge in [0.25, 0.3) is 0 Å². The van der Waals surface area contributed by atoms with Crippen molar-refractivity contribution in [3.05, 3.63) is 50.1 Å². The number of nitrogens with one attached hydrogen (secondary N) is 1. The van der Waals surface area contributed by atoms with E-state index in [1.54, 1.807) is 11.3 Å². The van der Waals surface area contributed by atoms with Crippen molar-refractivity contribution < 1.29 is 0 Å². The highest BCUT2D eigenvalue weighted by atomic mass is 79.9. The number of halogens is 1. The minimum absolute atomic E-state index is 0.661. The molecule has 0 saturated heterocycles. The Morgan fingerprint density at radius 2 is 2.22 bits per heavy atom. The first-order chi connectivity index (χ1) is 8.72. The fourth-order valence-corrected chi connectivity index (χ4v) is 3.18. The molecule has 2 aromatic rings. The van der Waals surface area contributed by atoms with Crippen molar-refractivity contribution in [2.75, 3.05) is 5.32 Å². The third kappa shape index (κ3) is 3.12. The van der Waals surface area contributed by atoms with Crippen LogP contribution in [-0.4, -0.2) is 0 Å². The van der Waals surface area contributed by atoms with Crippen molar-refractivity contribution in [3.63, 3.8) is 0 Å². The standard InChI is InChI=1S/C14H13BrN2S/c1-2-11-3-4-18-14(11)9-17-13-6-10(8-16)5-12(15)7-13/h3-7,17H,2,9H2,1H3. The third-order valence-electron chi connectivity index (χ3n) is 2.70. The summed E-state index contributed by atoms with van der Waals surface area (Å²) in [4.78, 5) is 1.36. The van der Waals surface area contributed by atoms with Crippen LogP contribution in [0, 0.1) is 11.3 Å². The monoisotopic (exact) mass is 320 g/mol. The Bertz CT molecular complexity index is 584. The van der Waals surface area contributed by atoms with E-state index < -0.39 is 0 Å². The fourth-order valence-electron chi connectivity index (χ4n) is 1.78. The molecular formula is C14H13BrN2S. The molecule has 0 aliphatic heterocycles. The van der Waals surface area contributed by atoms with Crippen molar-refractivity contribution in [1.82, 2.24) is 0 Å². The van der Waals surface area contributed by atoms with E-state index in [-0.39, 0.29) is 0 Å². The Hall–Kier alpha value is -1.31. The molecule has 4 heteroatoms. The summed E-state index contributed by atoms with van der Waals surface area (Å²) in [6, 6.07) is 9.99. The molecule has 0 bridgehead atoms. The summed E-state index contributed by atoms with van der Waals surface area (Å²) in [5, 5.41) is 14.4. The van der Waals surface area contributed by atoms with Crippen LogP contribution in [0.1, 0.15) is 22.9 Å². The second-order valence-corrected chi connectivity index (χ2v) is 5.83. The molecule has 0 amide bonds. The lowest BCUT2D eigenvalue weighted by atomic mass is 10.2. The summed E-state index contributed by atoms with van der Waals surface area (Å²) in [7, 11) is 0. The molecule has 0 fully saturated rings. The molecule has 2 rings (SSSR count). The molecular weight excluding hydrogens is 308 g/mol. The molecule has 0 atom stereocenters. The van der Waals surface area contributed by atoms with Crippen molar-refractivity contribution in [1.29, 1.82) is 5.26 Å². The molecule has 92 valence electrons. The predicted octanol–water partition coefficient (Wildman–Crippen LogP) is 4.56. The normalized spacial score (nSPS) is 10.1. The van der Waals surface area contributed by atoms with Gasteiger partial charge in [0.1, 0.15) is 0 Å². The first-order valence-corrected chi connectivity index (χ1v) is 7.40. The topological polar surface area (TPSA) is 35.8 Å². The number of thiophene rings is 1. The van der Waals surface area contributed by atoms with Crippen LogP contribution < -0.4 is 5.32 Å². The largest absolute Gasteiger partial charge is 0.380 e. The lowest BCUT2D eigenvalue weighted by molar-refractivity contribution is 1.08. The van der Waals surface area contributed by atoms with Crippen molar-refractivity contribution in [2.45, 2.75) is 19.9 Å². The predicted molar refractivity (Wildman–Crippen MR) is 79.9 cm³/mol. The summed E-state index contributed by atoms with van der Waals surface area (Å²) < 4.78 is 0.922. The smallest absolute Gasteiger partial charge is 0.0992 e. The number of anilines is 1. The summed E-state index contributed by atoms with van der Waals surface area (Å²) in [6.45, 7) is 2.97. The van der Waals surface area contributed by atoms with Gasteiger partial charge in [0.05, 0.1) is 11.6 Å². The Labute approximate surface area is 119 Å². The lowest BCUT2D eigenvalue weighted by Gasteiger charge is -2.07. The summed E-state index contributed by atoms with van der Waals surface area (Å²) in [5.74, 6) is 0. The van der Waals surface area contributed by atoms with E-state index in [1.807, 2.05) is 18.2 Å². The zero-order valence-corrected chi connectivity index (χ0v) is 12.4. The van der Waals surface area contributed by atoms with E-state index in [1.165, 1.54) is 10.4 Å². The maximum absolute atomic E-state index is 8.92. The molecule has 0 unspecified atom stereocenters. The van der Waals surface area contributed by atoms with Crippen molar-refractivity contribution in [2.24, 2.45) is 0 Å². The Morgan fingerprint density at radius 3 is 2.94 bits per heavy atom. The van der Waals surface area contributed by atoms with Gasteiger partial charge in [-0.15, -0.1) is 11.3 Å². The quantitative estimate of drug-likeness (QED) is 0.896. The van der Waals surface area contributed by atoms with Gasteiger partial charge in [0, 0.05) is 21.6 Å². The van der Waals surface area contributed by atoms with Crippen LogP contribution >= 0.6 is 27.3 Å². The highest BCUT2D eigenvalue weighted by Crippen LogP contribution is 2.22. The summed E-state index contributed by atoms with van der Waals surface area (Å²) in [5.41, 5.74) is 3.02. The van der Waals surface area contributed by atoms with Crippen molar-refractivity contribution in [3.8, 4) is 6.07 Å². The number of benzene rings is 1. The van der Waals surface area contributed by atoms with Crippen LogP contribution in [0.3, 0.4) is 0 Å². The number of nitrogens with zero attached hydrogens (tertiary/aromatic N) is 1. The first kappa shape index (κ1) is 13.1. The highest BCUT2D eigenvalue weighted by Gasteiger charge is 2.03. The Kier molecular flexibility index (Phi) is 4.40. The van der Waals surface area contributed by atoms with Gasteiger partial charge in [-0.05, 0) is 41.6 Å². The number of nitriles is 1. The van der Waals surface area contributed by atoms with E-state index in [0.29, 0.717) is 5.56 Å². The van der Waals surface area contributed by atoms with Crippen LogP contribution in [-0.2, 0) is 13.0 Å². The maximum Gasteiger partial charge on any atom is 0.0992 e. The Balaban J connectivity index is 2.11. The number of rotatable bonds is 4. The number of hydrogen-bond acceptors (Lipinski definition) is 3. The van der Waals surface area contributed by atoms with Crippen LogP contribution in [0.25, 0.3) is 0 Å². The molecule has 1 aromatic carbocycles. The zero-order valence-electron chi connectivity index (χ0n) is 10.0. The second-order valence-electron chi connectivity index (χ2n) is 3.92. The molecule has 1 N–H and O–H groups in total. The lowest BCUT2D eigenvalue weighted by Crippen LogP contribution is -2.00. The van der Waals surface area contributed by atoms with Gasteiger partial charge < -0.3 is 5.32 Å². The first-order valence-electron chi connectivity index (χ1n) is 5.72. The minimum Gasteiger partial charge on any atom is -0.380 e. The Morgan fingerprint density at radius 1 is 1.39 bits per heavy atom. The zero-order chi connectivity index (χ0) is 13.0. The van der Waals surface area contributed by atoms with Gasteiger partial charge in [-0.3, -0.25) is 0 Å². The van der Waals surface area contributed by atoms with Gasteiger partial charge in [0.15, 0.2) is 0 Å². The average molecular weight is 321 g/mol. The molecule has 18 heavy (non-hydrogen) atoms. The molecule has 0 spiro atoms. The average Bonchev–Trinajstić information content (AvgIpc) is 2.83. The summed E-state index contributed by atoms with van der Waals surface area (Å²) >= 11 is 5.18. The molecule has 2 nitrogen and oxygen atoms in total. The third-order valence-corrected chi connectivity index (χ3v) is 4.12. The molecule has 0 aliphatic rings. The van der Waals surface area contributed by atoms with Crippen molar-refractivity contribution >= 4 is 33.0 Å². The highest BCUT2D eigenvalue weighted by molar-refractivity contribution is 9.10. The van der Waals surface area contributed by atoms with Crippen LogP contribution in [0.5, 0.6) is 0 Å². The molecule has 0 saturated carbocycles. The molecule has 0 radical (unpaired) electrons. The van der Waals surface area contributed by atoms with E-state index in [0.717, 1.165) is 23.1 Å². The molecule has 1 heterocycles. The number of hydrogen-bond donors (Lipinski definition) is 1. The second kappa shape index (κ2) is 6.03. The van der Waals surface area contributed by atoms with Gasteiger partial charge in [-0.2, -0.15) is 5.26 Å². The van der Waals surface area contributed by atoms with Crippen LogP contribution in [0.4, 0.5) is 5.69 Å². The van der Waals surface area contributed by atoms with Crippen LogP contribution in [0.15, 0.2) is 34.1 Å². The van der Waals surface area contributed by atoms with Gasteiger partial charge in [0.2, 0.25) is 0 Å². The minimum atomic E-state index is 0.661. The van der Waals surface area contributed by atoms with E-state index >= 15 is 0 Å². The number of aryl methyl sites for hydroxylation is 1. The van der Waals surface area contributed by atoms with Gasteiger partial charge >= 0.3 is 0 Å². The van der Waals surface area contributed by atoms with Gasteiger partial charge in [-0.25, -0.2) is 0 Å². The van der Waals surface area contributed by atoms with E-state index in [2.05, 4.69) is 45.7 Å². The van der Waals surface area contributed by atoms with E-state index in [4.69, 9.17) is 5.26 Å².